The minimum absolute atomic E-state index is 0.185. The molecule has 6 nitrogen and oxygen atoms in total. The summed E-state index contributed by atoms with van der Waals surface area (Å²) < 4.78 is 33.1. The molecule has 1 aromatic heterocycles. The van der Waals surface area contributed by atoms with E-state index in [1.165, 1.54) is 0 Å². The van der Waals surface area contributed by atoms with E-state index in [9.17, 15) is 8.42 Å². The highest BCUT2D eigenvalue weighted by Crippen LogP contribution is 2.27. The number of ether oxygens (including phenoxy) is 1. The minimum Gasteiger partial charge on any atom is -0.379 e. The van der Waals surface area contributed by atoms with E-state index in [-0.39, 0.29) is 14.2 Å². The van der Waals surface area contributed by atoms with Crippen LogP contribution in [-0.2, 0) is 14.8 Å². The molecule has 1 aromatic rings. The number of nitrogens with one attached hydrogen (secondary N) is 1. The molecule has 0 aliphatic carbocycles. The number of thiazole rings is 1. The second-order valence-electron chi connectivity index (χ2n) is 5.58. The van der Waals surface area contributed by atoms with Gasteiger partial charge >= 0.3 is 0 Å². The molecule has 120 valence electrons. The van der Waals surface area contributed by atoms with Crippen molar-refractivity contribution in [3.63, 3.8) is 0 Å². The Morgan fingerprint density at radius 2 is 2.05 bits per heavy atom. The summed E-state index contributed by atoms with van der Waals surface area (Å²) in [6, 6.07) is 0. The van der Waals surface area contributed by atoms with Crippen molar-refractivity contribution in [2.45, 2.75) is 30.5 Å². The molecule has 0 aromatic carbocycles. The predicted octanol–water partition coefficient (Wildman–Crippen LogP) is 1.49. The molecule has 1 aliphatic heterocycles. The molecule has 1 saturated heterocycles. The Bertz CT molecular complexity index is 595. The van der Waals surface area contributed by atoms with Gasteiger partial charge in [0.25, 0.3) is 10.0 Å². The number of halogens is 1. The molecule has 0 radical (unpaired) electrons. The Balaban J connectivity index is 2.05. The molecule has 2 rings (SSSR count). The first-order valence-corrected chi connectivity index (χ1v) is 9.35. The van der Waals surface area contributed by atoms with Crippen LogP contribution in [0.5, 0.6) is 0 Å². The zero-order valence-electron chi connectivity index (χ0n) is 12.3. The van der Waals surface area contributed by atoms with Crippen LogP contribution in [0.25, 0.3) is 0 Å². The van der Waals surface area contributed by atoms with Crippen molar-refractivity contribution >= 4 is 33.0 Å². The Hall–Kier alpha value is -0.250. The summed E-state index contributed by atoms with van der Waals surface area (Å²) in [5.74, 6) is 0. The predicted molar refractivity (Wildman–Crippen MR) is 83.5 cm³/mol. The highest BCUT2D eigenvalue weighted by Gasteiger charge is 2.31. The zero-order valence-corrected chi connectivity index (χ0v) is 14.7. The normalized spacial score (nSPS) is 18.1. The number of aryl methyl sites for hydroxylation is 1. The molecular formula is C12H20ClN3O3S2. The fraction of sp³-hybridized carbons (Fsp3) is 0.750. The average molecular weight is 354 g/mol. The Kier molecular flexibility index (Phi) is 5.27. The highest BCUT2D eigenvalue weighted by atomic mass is 35.5. The molecule has 0 amide bonds. The minimum atomic E-state index is -3.58. The maximum Gasteiger partial charge on any atom is 0.252 e. The number of hydrogen-bond acceptors (Lipinski definition) is 6. The van der Waals surface area contributed by atoms with Crippen LogP contribution >= 0.6 is 22.9 Å². The molecule has 1 N–H and O–H groups in total. The molecule has 0 saturated carbocycles. The summed E-state index contributed by atoms with van der Waals surface area (Å²) in [4.78, 5) is 6.18. The second-order valence-corrected chi connectivity index (χ2v) is 9.12. The largest absolute Gasteiger partial charge is 0.379 e. The van der Waals surface area contributed by atoms with E-state index < -0.39 is 10.0 Å². The SMILES string of the molecule is Cc1nc(Cl)sc1S(=O)(=O)NCC(C)(C)N1CCOCC1. The number of nitrogens with zero attached hydrogens (tertiary/aromatic N) is 2. The van der Waals surface area contributed by atoms with Crippen LogP contribution in [0.4, 0.5) is 0 Å². The fourth-order valence-electron chi connectivity index (χ4n) is 2.22. The lowest BCUT2D eigenvalue weighted by Gasteiger charge is -2.40. The molecule has 21 heavy (non-hydrogen) atoms. The first-order chi connectivity index (χ1) is 9.72. The smallest absolute Gasteiger partial charge is 0.252 e. The fourth-order valence-corrected chi connectivity index (χ4v) is 5.20. The number of hydrogen-bond donors (Lipinski definition) is 1. The van der Waals surface area contributed by atoms with Gasteiger partial charge in [0.2, 0.25) is 0 Å². The summed E-state index contributed by atoms with van der Waals surface area (Å²) in [5, 5.41) is 0. The Morgan fingerprint density at radius 3 is 2.57 bits per heavy atom. The van der Waals surface area contributed by atoms with Crippen molar-refractivity contribution in [1.29, 1.82) is 0 Å². The first-order valence-electron chi connectivity index (χ1n) is 6.68. The van der Waals surface area contributed by atoms with Gasteiger partial charge in [-0.2, -0.15) is 0 Å². The lowest BCUT2D eigenvalue weighted by atomic mass is 10.0. The monoisotopic (exact) mass is 353 g/mol. The lowest BCUT2D eigenvalue weighted by Crippen LogP contribution is -2.55. The Morgan fingerprint density at radius 1 is 1.43 bits per heavy atom. The number of rotatable bonds is 5. The third-order valence-corrected chi connectivity index (χ3v) is 6.81. The van der Waals surface area contributed by atoms with Gasteiger partial charge in [-0.3, -0.25) is 4.90 Å². The van der Waals surface area contributed by atoms with Crippen LogP contribution in [0.2, 0.25) is 4.47 Å². The summed E-state index contributed by atoms with van der Waals surface area (Å²) >= 11 is 6.75. The van der Waals surface area contributed by atoms with Crippen molar-refractivity contribution in [2.75, 3.05) is 32.8 Å². The molecule has 1 fully saturated rings. The van der Waals surface area contributed by atoms with Gasteiger partial charge in [-0.25, -0.2) is 18.1 Å². The number of morpholine rings is 1. The van der Waals surface area contributed by atoms with E-state index in [1.54, 1.807) is 6.92 Å². The maximum absolute atomic E-state index is 12.4. The van der Waals surface area contributed by atoms with Gasteiger partial charge in [0.05, 0.1) is 18.9 Å². The highest BCUT2D eigenvalue weighted by molar-refractivity contribution is 7.91. The maximum atomic E-state index is 12.4. The standard InChI is InChI=1S/C12H20ClN3O3S2/c1-9-10(20-11(13)15-9)21(17,18)14-8-12(2,3)16-4-6-19-7-5-16/h14H,4-8H2,1-3H3. The van der Waals surface area contributed by atoms with Gasteiger partial charge < -0.3 is 4.74 Å². The third kappa shape index (κ3) is 4.14. The van der Waals surface area contributed by atoms with Crippen LogP contribution in [0, 0.1) is 6.92 Å². The first kappa shape index (κ1) is 17.1. The second kappa shape index (κ2) is 6.47. The van der Waals surface area contributed by atoms with Gasteiger partial charge in [0, 0.05) is 25.2 Å². The van der Waals surface area contributed by atoms with Gasteiger partial charge in [-0.05, 0) is 20.8 Å². The van der Waals surface area contributed by atoms with Gasteiger partial charge in [0.15, 0.2) is 8.68 Å². The topological polar surface area (TPSA) is 71.5 Å². The van der Waals surface area contributed by atoms with Crippen LogP contribution in [0.1, 0.15) is 19.5 Å². The molecule has 0 atom stereocenters. The molecular weight excluding hydrogens is 334 g/mol. The van der Waals surface area contributed by atoms with Crippen molar-refractivity contribution in [2.24, 2.45) is 0 Å². The molecule has 9 heteroatoms. The van der Waals surface area contributed by atoms with Crippen LogP contribution in [-0.4, -0.2) is 56.7 Å². The van der Waals surface area contributed by atoms with Gasteiger partial charge in [-0.1, -0.05) is 22.9 Å². The van der Waals surface area contributed by atoms with E-state index >= 15 is 0 Å². The van der Waals surface area contributed by atoms with Crippen molar-refractivity contribution in [3.05, 3.63) is 10.2 Å². The Labute approximate surface area is 134 Å². The summed E-state index contributed by atoms with van der Waals surface area (Å²) in [6.07, 6.45) is 0. The van der Waals surface area contributed by atoms with Crippen LogP contribution in [0.3, 0.4) is 0 Å². The van der Waals surface area contributed by atoms with Gasteiger partial charge in [-0.15, -0.1) is 0 Å². The van der Waals surface area contributed by atoms with Gasteiger partial charge in [0.1, 0.15) is 0 Å². The van der Waals surface area contributed by atoms with E-state index in [1.807, 2.05) is 13.8 Å². The molecule has 0 spiro atoms. The van der Waals surface area contributed by atoms with Crippen molar-refractivity contribution in [3.8, 4) is 0 Å². The molecule has 2 heterocycles. The van der Waals surface area contributed by atoms with Crippen molar-refractivity contribution < 1.29 is 13.2 Å². The lowest BCUT2D eigenvalue weighted by molar-refractivity contribution is -0.00803. The third-order valence-electron chi connectivity index (χ3n) is 3.53. The number of sulfonamides is 1. The summed E-state index contributed by atoms with van der Waals surface area (Å²) in [5.41, 5.74) is 0.154. The zero-order chi connectivity index (χ0) is 15.7. The van der Waals surface area contributed by atoms with E-state index in [2.05, 4.69) is 14.6 Å². The molecule has 1 aliphatic rings. The van der Waals surface area contributed by atoms with E-state index in [0.29, 0.717) is 25.5 Å². The summed E-state index contributed by atoms with van der Waals surface area (Å²) in [7, 11) is -3.58. The molecule has 0 bridgehead atoms. The van der Waals surface area contributed by atoms with E-state index in [4.69, 9.17) is 16.3 Å². The van der Waals surface area contributed by atoms with E-state index in [0.717, 1.165) is 24.4 Å². The van der Waals surface area contributed by atoms with Crippen LogP contribution in [0.15, 0.2) is 4.21 Å². The quantitative estimate of drug-likeness (QED) is 0.868. The molecule has 0 unspecified atom stereocenters. The number of aromatic nitrogens is 1. The van der Waals surface area contributed by atoms with Crippen molar-refractivity contribution in [1.82, 2.24) is 14.6 Å². The van der Waals surface area contributed by atoms with Crippen LogP contribution < -0.4 is 4.72 Å². The average Bonchev–Trinajstić information content (AvgIpc) is 2.78. The summed E-state index contributed by atoms with van der Waals surface area (Å²) in [6.45, 7) is 8.98.